The first-order chi connectivity index (χ1) is 15.6. The van der Waals surface area contributed by atoms with Crippen LogP contribution in [0.1, 0.15) is 34.8 Å². The second-order valence-electron chi connectivity index (χ2n) is 8.00. The van der Waals surface area contributed by atoms with Gasteiger partial charge < -0.3 is 14.1 Å². The molecule has 0 spiro atoms. The van der Waals surface area contributed by atoms with E-state index in [1.54, 1.807) is 30.2 Å². The third kappa shape index (κ3) is 3.66. The Labute approximate surface area is 184 Å². The Balaban J connectivity index is 1.42. The molecule has 5 rings (SSSR count). The Morgan fingerprint density at radius 3 is 2.94 bits per heavy atom. The van der Waals surface area contributed by atoms with Crippen molar-refractivity contribution in [3.63, 3.8) is 0 Å². The Hall–Kier alpha value is -3.87. The third-order valence-corrected chi connectivity index (χ3v) is 6.04. The van der Waals surface area contributed by atoms with Gasteiger partial charge in [0, 0.05) is 35.7 Å². The van der Waals surface area contributed by atoms with Crippen LogP contribution in [0.4, 0.5) is 0 Å². The van der Waals surface area contributed by atoms with Crippen LogP contribution in [-0.2, 0) is 0 Å². The highest BCUT2D eigenvalue weighted by atomic mass is 16.5. The van der Waals surface area contributed by atoms with E-state index in [1.807, 2.05) is 42.6 Å². The van der Waals surface area contributed by atoms with Gasteiger partial charge in [-0.1, -0.05) is 30.3 Å². The maximum atomic E-state index is 13.2. The quantitative estimate of drug-likeness (QED) is 0.491. The molecule has 1 amide bonds. The predicted octanol–water partition coefficient (Wildman–Crippen LogP) is 4.21. The van der Waals surface area contributed by atoms with Gasteiger partial charge in [-0.25, -0.2) is 4.79 Å². The number of aromatic amines is 1. The molecule has 0 aliphatic carbocycles. The Morgan fingerprint density at radius 2 is 2.06 bits per heavy atom. The van der Waals surface area contributed by atoms with E-state index in [9.17, 15) is 9.59 Å². The molecule has 1 N–H and O–H groups in total. The Kier molecular flexibility index (Phi) is 5.23. The Morgan fingerprint density at radius 1 is 1.19 bits per heavy atom. The fourth-order valence-electron chi connectivity index (χ4n) is 4.41. The highest BCUT2D eigenvalue weighted by Crippen LogP contribution is 2.34. The van der Waals surface area contributed by atoms with E-state index in [-0.39, 0.29) is 17.4 Å². The van der Waals surface area contributed by atoms with Crippen LogP contribution in [0, 0.1) is 0 Å². The summed E-state index contributed by atoms with van der Waals surface area (Å²) in [6, 6.07) is 16.7. The first kappa shape index (κ1) is 20.1. The van der Waals surface area contributed by atoms with Crippen LogP contribution >= 0.6 is 0 Å². The number of piperidine rings is 1. The SMILES string of the molecule is COc1cccc(-c2cn[nH]c2[C@H]2CCCN(C(=O)c3cc4ccccc4oc3=O)C2)c1. The molecule has 2 aromatic heterocycles. The number of rotatable bonds is 4. The van der Waals surface area contributed by atoms with Crippen LogP contribution in [-0.4, -0.2) is 41.2 Å². The minimum atomic E-state index is -0.602. The van der Waals surface area contributed by atoms with Crippen molar-refractivity contribution in [1.29, 1.82) is 0 Å². The van der Waals surface area contributed by atoms with Crippen LogP contribution in [0.2, 0.25) is 0 Å². The fourth-order valence-corrected chi connectivity index (χ4v) is 4.41. The van der Waals surface area contributed by atoms with Crippen LogP contribution in [0.15, 0.2) is 70.0 Å². The lowest BCUT2D eigenvalue weighted by molar-refractivity contribution is 0.0702. The number of hydrogen-bond donors (Lipinski definition) is 1. The molecule has 0 radical (unpaired) electrons. The maximum Gasteiger partial charge on any atom is 0.349 e. The highest BCUT2D eigenvalue weighted by molar-refractivity contribution is 5.96. The normalized spacial score (nSPS) is 16.3. The predicted molar refractivity (Wildman–Crippen MR) is 121 cm³/mol. The summed E-state index contributed by atoms with van der Waals surface area (Å²) in [5.74, 6) is 0.568. The van der Waals surface area contributed by atoms with E-state index < -0.39 is 5.63 Å². The molecule has 1 aliphatic rings. The van der Waals surface area contributed by atoms with E-state index in [1.165, 1.54) is 0 Å². The van der Waals surface area contributed by atoms with Crippen molar-refractivity contribution in [2.24, 2.45) is 0 Å². The van der Waals surface area contributed by atoms with E-state index >= 15 is 0 Å². The smallest absolute Gasteiger partial charge is 0.349 e. The lowest BCUT2D eigenvalue weighted by Gasteiger charge is -2.32. The second kappa shape index (κ2) is 8.34. The van der Waals surface area contributed by atoms with Gasteiger partial charge in [0.05, 0.1) is 13.3 Å². The lowest BCUT2D eigenvalue weighted by Crippen LogP contribution is -2.41. The number of fused-ring (bicyclic) bond motifs is 1. The summed E-state index contributed by atoms with van der Waals surface area (Å²) in [7, 11) is 1.64. The zero-order chi connectivity index (χ0) is 22.1. The first-order valence-corrected chi connectivity index (χ1v) is 10.6. The van der Waals surface area contributed by atoms with Gasteiger partial charge in [0.25, 0.3) is 5.91 Å². The fraction of sp³-hybridized carbons (Fsp3) is 0.240. The maximum absolute atomic E-state index is 13.2. The van der Waals surface area contributed by atoms with Gasteiger partial charge in [-0.3, -0.25) is 9.89 Å². The molecule has 162 valence electrons. The summed E-state index contributed by atoms with van der Waals surface area (Å²) in [6.45, 7) is 1.11. The molecule has 1 atom stereocenters. The largest absolute Gasteiger partial charge is 0.497 e. The number of nitrogens with zero attached hydrogens (tertiary/aromatic N) is 2. The van der Waals surface area contributed by atoms with Crippen molar-refractivity contribution >= 4 is 16.9 Å². The average molecular weight is 429 g/mol. The third-order valence-electron chi connectivity index (χ3n) is 6.04. The number of para-hydroxylation sites is 1. The van der Waals surface area contributed by atoms with Gasteiger partial charge in [0.2, 0.25) is 0 Å². The zero-order valence-electron chi connectivity index (χ0n) is 17.7. The van der Waals surface area contributed by atoms with Gasteiger partial charge in [-0.05, 0) is 42.7 Å². The Bertz CT molecular complexity index is 1340. The van der Waals surface area contributed by atoms with Crippen molar-refractivity contribution < 1.29 is 13.9 Å². The van der Waals surface area contributed by atoms with Gasteiger partial charge in [-0.2, -0.15) is 5.10 Å². The molecule has 7 heteroatoms. The first-order valence-electron chi connectivity index (χ1n) is 10.6. The zero-order valence-corrected chi connectivity index (χ0v) is 17.7. The summed E-state index contributed by atoms with van der Waals surface area (Å²) in [5.41, 5.74) is 2.93. The van der Waals surface area contributed by atoms with Crippen molar-refractivity contribution in [3.8, 4) is 16.9 Å². The number of aromatic nitrogens is 2. The number of methoxy groups -OCH3 is 1. The summed E-state index contributed by atoms with van der Waals surface area (Å²) in [4.78, 5) is 27.5. The lowest BCUT2D eigenvalue weighted by atomic mass is 9.90. The molecule has 0 saturated carbocycles. The van der Waals surface area contributed by atoms with Crippen molar-refractivity contribution in [2.75, 3.05) is 20.2 Å². The number of ether oxygens (including phenoxy) is 1. The molecule has 3 heterocycles. The van der Waals surface area contributed by atoms with E-state index in [0.717, 1.165) is 40.8 Å². The van der Waals surface area contributed by atoms with Gasteiger partial charge in [-0.15, -0.1) is 0 Å². The van der Waals surface area contributed by atoms with E-state index in [4.69, 9.17) is 9.15 Å². The molecular formula is C25H23N3O4. The summed E-state index contributed by atoms with van der Waals surface area (Å²) < 4.78 is 10.7. The second-order valence-corrected chi connectivity index (χ2v) is 8.00. The molecular weight excluding hydrogens is 406 g/mol. The molecule has 32 heavy (non-hydrogen) atoms. The molecule has 7 nitrogen and oxygen atoms in total. The number of nitrogens with one attached hydrogen (secondary N) is 1. The van der Waals surface area contributed by atoms with E-state index in [0.29, 0.717) is 18.7 Å². The topological polar surface area (TPSA) is 88.4 Å². The molecule has 1 fully saturated rings. The van der Waals surface area contributed by atoms with Crippen molar-refractivity contribution in [2.45, 2.75) is 18.8 Å². The molecule has 1 aliphatic heterocycles. The number of amides is 1. The number of H-pyrrole nitrogens is 1. The molecule has 4 aromatic rings. The van der Waals surface area contributed by atoms with Crippen LogP contribution in [0.3, 0.4) is 0 Å². The van der Waals surface area contributed by atoms with Crippen LogP contribution < -0.4 is 10.4 Å². The van der Waals surface area contributed by atoms with Gasteiger partial charge in [0.15, 0.2) is 0 Å². The number of likely N-dealkylation sites (tertiary alicyclic amines) is 1. The minimum absolute atomic E-state index is 0.0713. The molecule has 2 aromatic carbocycles. The standard InChI is InChI=1S/C25H23N3O4/c1-31-19-9-4-7-16(12-19)21-14-26-27-23(21)18-8-5-11-28(15-18)24(29)20-13-17-6-2-3-10-22(17)32-25(20)30/h2-4,6-7,9-10,12-14,18H,5,8,11,15H2,1H3,(H,26,27)/t18-/m0/s1. The van der Waals surface area contributed by atoms with Crippen LogP contribution in [0.25, 0.3) is 22.1 Å². The molecule has 0 bridgehead atoms. The van der Waals surface area contributed by atoms with Gasteiger partial charge >= 0.3 is 5.63 Å². The monoisotopic (exact) mass is 429 g/mol. The van der Waals surface area contributed by atoms with Gasteiger partial charge in [0.1, 0.15) is 16.9 Å². The number of carbonyl (C=O) groups excluding carboxylic acids is 1. The highest BCUT2D eigenvalue weighted by Gasteiger charge is 2.29. The van der Waals surface area contributed by atoms with E-state index in [2.05, 4.69) is 10.2 Å². The number of benzene rings is 2. The minimum Gasteiger partial charge on any atom is -0.497 e. The molecule has 1 saturated heterocycles. The number of carbonyl (C=O) groups is 1. The summed E-state index contributed by atoms with van der Waals surface area (Å²) >= 11 is 0. The summed E-state index contributed by atoms with van der Waals surface area (Å²) in [5, 5.41) is 8.14. The van der Waals surface area contributed by atoms with Crippen LogP contribution in [0.5, 0.6) is 5.75 Å². The van der Waals surface area contributed by atoms with Crippen molar-refractivity contribution in [3.05, 3.63) is 82.5 Å². The number of hydrogen-bond acceptors (Lipinski definition) is 5. The summed E-state index contributed by atoms with van der Waals surface area (Å²) in [6.07, 6.45) is 3.57. The van der Waals surface area contributed by atoms with Crippen molar-refractivity contribution in [1.82, 2.24) is 15.1 Å². The average Bonchev–Trinajstić information content (AvgIpc) is 3.33. The molecule has 0 unspecified atom stereocenters.